The van der Waals surface area contributed by atoms with Crippen molar-refractivity contribution in [3.8, 4) is 11.8 Å². The summed E-state index contributed by atoms with van der Waals surface area (Å²) in [5.74, 6) is 7.48. The fraction of sp³-hybridized carbons (Fsp3) is 0.588. The highest BCUT2D eigenvalue weighted by atomic mass is 32.1. The molecule has 3 aliphatic carbocycles. The molecule has 0 bridgehead atoms. The SMILES string of the molecule is O=C1CCC(c2nn(C3CC3)c3c(C#CCO[C@H]4CCN(CC5CCC(n6cc(NC(=O)c7cnn8ccc(N9CCC(CC%10CC%10)CC9)nc78)c(C(F)F)n6)CC5)C[C@@H](F)C4S)cccc23)C(=O)N1. The molecule has 7 heterocycles. The third-order valence-electron chi connectivity index (χ3n) is 15.5. The number of alkyl halides is 3. The summed E-state index contributed by atoms with van der Waals surface area (Å²) in [4.78, 5) is 47.6. The topological polar surface area (TPSA) is 157 Å². The van der Waals surface area contributed by atoms with Gasteiger partial charge in [-0.1, -0.05) is 36.8 Å². The Bertz CT molecular complexity index is 2820. The molecule has 2 unspecified atom stereocenters. The number of piperidine rings is 2. The summed E-state index contributed by atoms with van der Waals surface area (Å²) in [6.07, 6.45) is 12.8. The number of anilines is 2. The monoisotopic (exact) mass is 979 g/mol. The third-order valence-corrected chi connectivity index (χ3v) is 16.2. The fourth-order valence-electron chi connectivity index (χ4n) is 11.3. The van der Waals surface area contributed by atoms with E-state index < -0.39 is 41.5 Å². The lowest BCUT2D eigenvalue weighted by Crippen LogP contribution is -2.39. The van der Waals surface area contributed by atoms with Gasteiger partial charge in [-0.15, -0.1) is 0 Å². The van der Waals surface area contributed by atoms with Crippen LogP contribution in [0.3, 0.4) is 0 Å². The van der Waals surface area contributed by atoms with E-state index in [1.54, 1.807) is 10.9 Å². The number of carbonyl (C=O) groups excluding carboxylic acids is 3. The van der Waals surface area contributed by atoms with Crippen LogP contribution in [0, 0.1) is 29.6 Å². The van der Waals surface area contributed by atoms with Crippen LogP contribution in [-0.2, 0) is 14.3 Å². The van der Waals surface area contributed by atoms with E-state index in [0.29, 0.717) is 56.0 Å². The number of fused-ring (bicyclic) bond motifs is 2. The van der Waals surface area contributed by atoms with Gasteiger partial charge >= 0.3 is 0 Å². The molecular formula is C51H60F3N11O4S. The lowest BCUT2D eigenvalue weighted by molar-refractivity contribution is -0.134. The van der Waals surface area contributed by atoms with Gasteiger partial charge in [-0.3, -0.25) is 29.1 Å². The van der Waals surface area contributed by atoms with Crippen molar-refractivity contribution in [2.24, 2.45) is 17.8 Å². The summed E-state index contributed by atoms with van der Waals surface area (Å²) in [5, 5.41) is 18.9. The number of thiol groups is 1. The van der Waals surface area contributed by atoms with Crippen LogP contribution in [-0.4, -0.2) is 114 Å². The van der Waals surface area contributed by atoms with Crippen molar-refractivity contribution in [2.45, 2.75) is 132 Å². The van der Waals surface area contributed by atoms with Gasteiger partial charge in [0.15, 0.2) is 11.3 Å². The summed E-state index contributed by atoms with van der Waals surface area (Å²) < 4.78 is 55.9. The highest BCUT2D eigenvalue weighted by Crippen LogP contribution is 2.42. The number of halogens is 3. The van der Waals surface area contributed by atoms with E-state index in [9.17, 15) is 23.2 Å². The number of nitrogens with one attached hydrogen (secondary N) is 2. The van der Waals surface area contributed by atoms with Crippen LogP contribution in [0.1, 0.15) is 142 Å². The van der Waals surface area contributed by atoms with Crippen LogP contribution in [0.5, 0.6) is 0 Å². The Morgan fingerprint density at radius 2 is 1.70 bits per heavy atom. The number of para-hydroxylation sites is 1. The maximum absolute atomic E-state index is 15.8. The van der Waals surface area contributed by atoms with Gasteiger partial charge in [0, 0.05) is 56.9 Å². The Labute approximate surface area is 410 Å². The van der Waals surface area contributed by atoms with Crippen molar-refractivity contribution >= 4 is 58.4 Å². The number of hydrogen-bond donors (Lipinski definition) is 3. The smallest absolute Gasteiger partial charge is 0.284 e. The lowest BCUT2D eigenvalue weighted by atomic mass is 9.85. The first kappa shape index (κ1) is 46.9. The largest absolute Gasteiger partial charge is 0.364 e. The average Bonchev–Trinajstić information content (AvgIpc) is 4.26. The number of amides is 3. The fourth-order valence-corrected chi connectivity index (χ4v) is 11.6. The Balaban J connectivity index is 0.678. The molecule has 15 nitrogen and oxygen atoms in total. The van der Waals surface area contributed by atoms with Crippen LogP contribution in [0.2, 0.25) is 0 Å². The molecule has 11 rings (SSSR count). The van der Waals surface area contributed by atoms with Crippen LogP contribution in [0.15, 0.2) is 42.9 Å². The standard InChI is InChI=1S/C51H60F3N11O4S/c52-39-28-61(20-18-41(47(39)70)69-24-2-4-33-3-1-5-36-44(37-14-15-43(66)58-50(37)67)60-65(46(33)36)35-12-13-35)27-32-8-10-34(11-9-32)64-29-40(45(59-64)48(53)54)56-51(68)38-26-55-63-23-19-42(57-49(38)63)62-21-16-31(17-22-62)25-30-6-7-30/h1,3,5,19,23,26,29-32,34-35,37,39,41,47-48,70H,6-18,20-22,24-25,27-28H2,(H,56,68)(H,58,66,67)/t32?,34?,37?,39-,41+,47?/m1/s1. The number of ether oxygens (including phenoxy) is 1. The van der Waals surface area contributed by atoms with E-state index in [-0.39, 0.29) is 54.7 Å². The van der Waals surface area contributed by atoms with Crippen molar-refractivity contribution in [1.82, 2.24) is 44.4 Å². The molecule has 70 heavy (non-hydrogen) atoms. The molecule has 4 aromatic heterocycles. The van der Waals surface area contributed by atoms with Gasteiger partial charge in [0.25, 0.3) is 12.3 Å². The summed E-state index contributed by atoms with van der Waals surface area (Å²) in [6.45, 7) is 3.49. The number of hydrogen-bond acceptors (Lipinski definition) is 11. The van der Waals surface area contributed by atoms with Crippen LogP contribution in [0.4, 0.5) is 24.7 Å². The van der Waals surface area contributed by atoms with Crippen molar-refractivity contribution < 1.29 is 32.3 Å². The molecule has 6 fully saturated rings. The number of imide groups is 1. The molecule has 5 aromatic rings. The van der Waals surface area contributed by atoms with Crippen LogP contribution >= 0.6 is 12.6 Å². The molecule has 2 N–H and O–H groups in total. The highest BCUT2D eigenvalue weighted by Gasteiger charge is 2.37. The van der Waals surface area contributed by atoms with Crippen molar-refractivity contribution in [1.29, 1.82) is 0 Å². The minimum absolute atomic E-state index is 0.0306. The third kappa shape index (κ3) is 10.1. The number of nitrogens with zero attached hydrogens (tertiary/aromatic N) is 9. The molecule has 3 saturated heterocycles. The molecule has 0 radical (unpaired) electrons. The minimum atomic E-state index is -2.89. The zero-order valence-electron chi connectivity index (χ0n) is 39.2. The normalized spacial score (nSPS) is 26.1. The van der Waals surface area contributed by atoms with Crippen LogP contribution < -0.4 is 15.5 Å². The number of aromatic nitrogens is 7. The molecule has 370 valence electrons. The number of benzene rings is 1. The second-order valence-corrected chi connectivity index (χ2v) is 21.1. The molecule has 4 atom stereocenters. The van der Waals surface area contributed by atoms with Crippen LogP contribution in [0.25, 0.3) is 16.6 Å². The summed E-state index contributed by atoms with van der Waals surface area (Å²) in [7, 11) is 0. The highest BCUT2D eigenvalue weighted by molar-refractivity contribution is 7.81. The lowest BCUT2D eigenvalue weighted by Gasteiger charge is -2.32. The molecular weight excluding hydrogens is 920 g/mol. The maximum Gasteiger partial charge on any atom is 0.284 e. The van der Waals surface area contributed by atoms with Crippen molar-refractivity contribution in [3.63, 3.8) is 0 Å². The van der Waals surface area contributed by atoms with Gasteiger partial charge in [0.2, 0.25) is 11.8 Å². The number of likely N-dealkylation sites (tertiary alicyclic amines) is 1. The van der Waals surface area contributed by atoms with E-state index in [2.05, 4.69) is 55.1 Å². The van der Waals surface area contributed by atoms with Crippen molar-refractivity contribution in [2.75, 3.05) is 49.5 Å². The Kier molecular flexibility index (Phi) is 13.4. The molecule has 6 aliphatic rings. The molecule has 0 spiro atoms. The number of rotatable bonds is 13. The van der Waals surface area contributed by atoms with Gasteiger partial charge in [-0.25, -0.2) is 22.7 Å². The molecule has 3 aliphatic heterocycles. The maximum atomic E-state index is 15.8. The average molecular weight is 980 g/mol. The van der Waals surface area contributed by atoms with Gasteiger partial charge < -0.3 is 19.9 Å². The molecule has 1 aromatic carbocycles. The molecule has 3 amide bonds. The zero-order valence-corrected chi connectivity index (χ0v) is 40.1. The number of carbonyl (C=O) groups is 3. The van der Waals surface area contributed by atoms with E-state index in [0.717, 1.165) is 85.7 Å². The zero-order chi connectivity index (χ0) is 48.0. The quantitative estimate of drug-likeness (QED) is 0.0604. The molecule has 19 heteroatoms. The predicted octanol–water partition coefficient (Wildman–Crippen LogP) is 7.85. The first-order chi connectivity index (χ1) is 34.0. The Morgan fingerprint density at radius 3 is 2.46 bits per heavy atom. The minimum Gasteiger partial charge on any atom is -0.364 e. The van der Waals surface area contributed by atoms with Gasteiger partial charge in [-0.05, 0) is 101 Å². The van der Waals surface area contributed by atoms with Gasteiger partial charge in [0.1, 0.15) is 24.2 Å². The van der Waals surface area contributed by atoms with Gasteiger partial charge in [-0.2, -0.15) is 27.9 Å². The van der Waals surface area contributed by atoms with Gasteiger partial charge in [0.05, 0.1) is 58.0 Å². The first-order valence-electron chi connectivity index (χ1n) is 25.3. The van der Waals surface area contributed by atoms with E-state index >= 15 is 4.39 Å². The van der Waals surface area contributed by atoms with Crippen molar-refractivity contribution in [3.05, 3.63) is 65.4 Å². The summed E-state index contributed by atoms with van der Waals surface area (Å²) in [6, 6.07) is 7.81. The van der Waals surface area contributed by atoms with E-state index in [4.69, 9.17) is 14.8 Å². The second kappa shape index (κ2) is 20.0. The Hall–Kier alpha value is -5.45. The second-order valence-electron chi connectivity index (χ2n) is 20.5. The predicted molar refractivity (Wildman–Crippen MR) is 260 cm³/mol. The Morgan fingerprint density at radius 1 is 0.929 bits per heavy atom. The first-order valence-corrected chi connectivity index (χ1v) is 25.8. The summed E-state index contributed by atoms with van der Waals surface area (Å²) >= 11 is 4.68. The molecule has 3 saturated carbocycles. The van der Waals surface area contributed by atoms with E-state index in [1.165, 1.54) is 36.2 Å². The van der Waals surface area contributed by atoms with E-state index in [1.807, 2.05) is 28.9 Å². The summed E-state index contributed by atoms with van der Waals surface area (Å²) in [5.41, 5.74) is 2.38.